The fourth-order valence-electron chi connectivity index (χ4n) is 5.07. The molecule has 2 heteroatoms. The molecule has 0 unspecified atom stereocenters. The number of furan rings is 1. The van der Waals surface area contributed by atoms with Crippen LogP contribution in [0.25, 0.3) is 44.3 Å². The van der Waals surface area contributed by atoms with Crippen molar-refractivity contribution in [2.75, 3.05) is 0 Å². The average Bonchev–Trinajstić information content (AvgIpc) is 3.12. The molecule has 0 radical (unpaired) electrons. The fourth-order valence-corrected chi connectivity index (χ4v) is 5.07. The molecule has 146 valence electrons. The van der Waals surface area contributed by atoms with Crippen molar-refractivity contribution in [1.82, 2.24) is 4.98 Å². The standard InChI is InChI=1S/C28H23NO/c1-16-14-22-25(29-15-16)20-11-10-17(2)26-23(20)24-21(28(22,3)4)13-12-19(27(24)30-26)18-8-6-5-7-9-18/h5-15H,1-4H3. The van der Waals surface area contributed by atoms with E-state index in [2.05, 4.69) is 88.4 Å². The molecule has 3 aromatic carbocycles. The molecule has 0 bridgehead atoms. The van der Waals surface area contributed by atoms with E-state index < -0.39 is 0 Å². The van der Waals surface area contributed by atoms with Gasteiger partial charge < -0.3 is 4.42 Å². The van der Waals surface area contributed by atoms with E-state index in [0.717, 1.165) is 28.0 Å². The number of hydrogen-bond acceptors (Lipinski definition) is 2. The zero-order chi connectivity index (χ0) is 20.6. The van der Waals surface area contributed by atoms with E-state index in [1.54, 1.807) is 0 Å². The second kappa shape index (κ2) is 5.82. The van der Waals surface area contributed by atoms with Gasteiger partial charge in [0, 0.05) is 33.5 Å². The van der Waals surface area contributed by atoms with Crippen molar-refractivity contribution in [3.8, 4) is 22.4 Å². The van der Waals surface area contributed by atoms with Crippen LogP contribution < -0.4 is 0 Å². The molecule has 0 saturated heterocycles. The van der Waals surface area contributed by atoms with Crippen LogP contribution in [0, 0.1) is 13.8 Å². The third kappa shape index (κ3) is 2.16. The summed E-state index contributed by atoms with van der Waals surface area (Å²) in [5, 5.41) is 2.42. The van der Waals surface area contributed by atoms with E-state index >= 15 is 0 Å². The molecule has 5 aromatic rings. The first-order valence-corrected chi connectivity index (χ1v) is 10.5. The number of hydrogen-bond donors (Lipinski definition) is 0. The highest BCUT2D eigenvalue weighted by atomic mass is 16.3. The first kappa shape index (κ1) is 17.5. The largest absolute Gasteiger partial charge is 0.455 e. The van der Waals surface area contributed by atoms with Crippen molar-refractivity contribution < 1.29 is 4.42 Å². The monoisotopic (exact) mass is 389 g/mol. The van der Waals surface area contributed by atoms with Crippen LogP contribution in [0.3, 0.4) is 0 Å². The summed E-state index contributed by atoms with van der Waals surface area (Å²) < 4.78 is 6.63. The summed E-state index contributed by atoms with van der Waals surface area (Å²) in [5.74, 6) is 0. The zero-order valence-electron chi connectivity index (χ0n) is 17.7. The third-order valence-electron chi connectivity index (χ3n) is 6.68. The Hall–Kier alpha value is -3.39. The average molecular weight is 389 g/mol. The fraction of sp³-hybridized carbons (Fsp3) is 0.179. The minimum atomic E-state index is -0.189. The highest BCUT2D eigenvalue weighted by molar-refractivity contribution is 6.18. The van der Waals surface area contributed by atoms with E-state index in [1.165, 1.54) is 38.6 Å². The van der Waals surface area contributed by atoms with E-state index in [9.17, 15) is 0 Å². The maximum atomic E-state index is 6.63. The quantitative estimate of drug-likeness (QED) is 0.295. The van der Waals surface area contributed by atoms with E-state index in [4.69, 9.17) is 9.40 Å². The number of nitrogens with zero attached hydrogens (tertiary/aromatic N) is 1. The Kier molecular flexibility index (Phi) is 3.39. The number of benzene rings is 3. The maximum Gasteiger partial charge on any atom is 0.143 e. The lowest BCUT2D eigenvalue weighted by atomic mass is 9.76. The highest BCUT2D eigenvalue weighted by Gasteiger charge is 2.35. The molecule has 0 amide bonds. The lowest BCUT2D eigenvalue weighted by Gasteiger charge is -2.28. The Labute approximate surface area is 176 Å². The normalized spacial score (nSPS) is 14.3. The minimum absolute atomic E-state index is 0.189. The van der Waals surface area contributed by atoms with Gasteiger partial charge in [0.25, 0.3) is 0 Å². The van der Waals surface area contributed by atoms with Gasteiger partial charge in [-0.25, -0.2) is 0 Å². The molecule has 1 aliphatic rings. The number of aryl methyl sites for hydroxylation is 2. The smallest absolute Gasteiger partial charge is 0.143 e. The van der Waals surface area contributed by atoms with E-state index in [-0.39, 0.29) is 5.41 Å². The van der Waals surface area contributed by atoms with Crippen LogP contribution in [0.15, 0.2) is 71.3 Å². The molecule has 0 atom stereocenters. The Morgan fingerprint density at radius 2 is 1.53 bits per heavy atom. The SMILES string of the molecule is Cc1cnc2c(c1)C(C)(C)c1ccc(-c3ccccc3)c3oc4c(C)ccc-2c4c13. The van der Waals surface area contributed by atoms with Crippen LogP contribution in [0.5, 0.6) is 0 Å². The lowest BCUT2D eigenvalue weighted by molar-refractivity contribution is 0.640. The van der Waals surface area contributed by atoms with Crippen LogP contribution in [-0.2, 0) is 5.41 Å². The summed E-state index contributed by atoms with van der Waals surface area (Å²) in [5.41, 5.74) is 11.2. The Bertz CT molecular complexity index is 1470. The first-order chi connectivity index (χ1) is 14.5. The Morgan fingerprint density at radius 3 is 2.33 bits per heavy atom. The van der Waals surface area contributed by atoms with Crippen LogP contribution in [-0.4, -0.2) is 4.98 Å². The van der Waals surface area contributed by atoms with Gasteiger partial charge in [0.05, 0.1) is 5.69 Å². The predicted molar refractivity (Wildman–Crippen MR) is 124 cm³/mol. The van der Waals surface area contributed by atoms with Crippen molar-refractivity contribution in [1.29, 1.82) is 0 Å². The highest BCUT2D eigenvalue weighted by Crippen LogP contribution is 2.51. The summed E-state index contributed by atoms with van der Waals surface area (Å²) in [6.45, 7) is 8.86. The van der Waals surface area contributed by atoms with Gasteiger partial charge >= 0.3 is 0 Å². The van der Waals surface area contributed by atoms with Gasteiger partial charge in [-0.05, 0) is 41.7 Å². The molecule has 2 aromatic heterocycles. The number of aromatic nitrogens is 1. The zero-order valence-corrected chi connectivity index (χ0v) is 17.7. The van der Waals surface area contributed by atoms with Gasteiger partial charge in [0.2, 0.25) is 0 Å². The summed E-state index contributed by atoms with van der Waals surface area (Å²) in [7, 11) is 0. The van der Waals surface area contributed by atoms with Gasteiger partial charge in [0.1, 0.15) is 11.2 Å². The minimum Gasteiger partial charge on any atom is -0.455 e. The Morgan fingerprint density at radius 1 is 0.767 bits per heavy atom. The topological polar surface area (TPSA) is 26.0 Å². The van der Waals surface area contributed by atoms with E-state index in [1.807, 2.05) is 6.20 Å². The predicted octanol–water partition coefficient (Wildman–Crippen LogP) is 7.57. The van der Waals surface area contributed by atoms with Crippen LogP contribution in [0.4, 0.5) is 0 Å². The summed E-state index contributed by atoms with van der Waals surface area (Å²) >= 11 is 0. The third-order valence-corrected chi connectivity index (χ3v) is 6.68. The van der Waals surface area contributed by atoms with Crippen molar-refractivity contribution >= 4 is 21.9 Å². The summed E-state index contributed by atoms with van der Waals surface area (Å²) in [4.78, 5) is 4.92. The molecular formula is C28H23NO. The van der Waals surface area contributed by atoms with Gasteiger partial charge in [-0.3, -0.25) is 4.98 Å². The van der Waals surface area contributed by atoms with Crippen LogP contribution in [0.1, 0.15) is 36.1 Å². The second-order valence-corrected chi connectivity index (χ2v) is 9.00. The van der Waals surface area contributed by atoms with Gasteiger partial charge in [0.15, 0.2) is 0 Å². The maximum absolute atomic E-state index is 6.63. The molecule has 0 saturated carbocycles. The number of rotatable bonds is 1. The molecule has 2 nitrogen and oxygen atoms in total. The summed E-state index contributed by atoms with van der Waals surface area (Å²) in [6.07, 6.45) is 1.98. The van der Waals surface area contributed by atoms with Gasteiger partial charge in [-0.15, -0.1) is 0 Å². The van der Waals surface area contributed by atoms with E-state index in [0.29, 0.717) is 0 Å². The molecule has 0 spiro atoms. The molecule has 0 fully saturated rings. The molecule has 6 rings (SSSR count). The van der Waals surface area contributed by atoms with Crippen LogP contribution in [0.2, 0.25) is 0 Å². The summed E-state index contributed by atoms with van der Waals surface area (Å²) in [6, 6.07) is 21.7. The van der Waals surface area contributed by atoms with Gasteiger partial charge in [-0.1, -0.05) is 74.5 Å². The first-order valence-electron chi connectivity index (χ1n) is 10.5. The Balaban J connectivity index is 1.87. The molecule has 1 aliphatic carbocycles. The van der Waals surface area contributed by atoms with Crippen LogP contribution >= 0.6 is 0 Å². The van der Waals surface area contributed by atoms with Crippen molar-refractivity contribution in [2.45, 2.75) is 33.1 Å². The molecular weight excluding hydrogens is 366 g/mol. The van der Waals surface area contributed by atoms with Gasteiger partial charge in [-0.2, -0.15) is 0 Å². The molecule has 2 heterocycles. The van der Waals surface area contributed by atoms with Crippen molar-refractivity contribution in [2.24, 2.45) is 0 Å². The lowest BCUT2D eigenvalue weighted by Crippen LogP contribution is -2.20. The molecule has 30 heavy (non-hydrogen) atoms. The number of fused-ring (bicyclic) bond motifs is 2. The molecule has 0 N–H and O–H groups in total. The second-order valence-electron chi connectivity index (χ2n) is 9.00. The molecule has 0 aliphatic heterocycles. The number of pyridine rings is 1. The van der Waals surface area contributed by atoms with Crippen molar-refractivity contribution in [3.63, 3.8) is 0 Å². The van der Waals surface area contributed by atoms with Crippen molar-refractivity contribution in [3.05, 3.63) is 89.1 Å².